The number of halogens is 2. The Morgan fingerprint density at radius 3 is 2.57 bits per heavy atom. The second kappa shape index (κ2) is 6.23. The molecule has 0 saturated carbocycles. The first kappa shape index (κ1) is 15.3. The number of piperidine rings is 1. The van der Waals surface area contributed by atoms with Gasteiger partial charge in [-0.25, -0.2) is 4.39 Å². The fourth-order valence-corrected chi connectivity index (χ4v) is 4.47. The van der Waals surface area contributed by atoms with Gasteiger partial charge in [0, 0.05) is 28.7 Å². The fraction of sp³-hybridized carbons (Fsp3) is 0.647. The van der Waals surface area contributed by atoms with E-state index in [4.69, 9.17) is 11.6 Å². The van der Waals surface area contributed by atoms with Gasteiger partial charge in [0.25, 0.3) is 0 Å². The summed E-state index contributed by atoms with van der Waals surface area (Å²) in [4.78, 5) is 2.54. The van der Waals surface area contributed by atoms with Crippen molar-refractivity contribution in [2.45, 2.75) is 50.2 Å². The maximum absolute atomic E-state index is 14.0. The van der Waals surface area contributed by atoms with Crippen molar-refractivity contribution in [3.8, 4) is 0 Å². The van der Waals surface area contributed by atoms with Crippen LogP contribution in [0.4, 0.5) is 4.39 Å². The third-order valence-electron chi connectivity index (χ3n) is 5.56. The number of likely N-dealkylation sites (N-methyl/N-ethyl adjacent to an activating group) is 1. The van der Waals surface area contributed by atoms with Gasteiger partial charge in [-0.05, 0) is 64.3 Å². The van der Waals surface area contributed by atoms with E-state index in [0.29, 0.717) is 41.1 Å². The molecule has 1 aromatic rings. The van der Waals surface area contributed by atoms with Crippen molar-refractivity contribution >= 4 is 11.6 Å². The molecule has 2 bridgehead atoms. The molecule has 2 nitrogen and oxygen atoms in total. The number of hydrogen-bond donors (Lipinski definition) is 1. The Labute approximate surface area is 131 Å². The smallest absolute Gasteiger partial charge is 0.127 e. The largest absolute Gasteiger partial charge is 0.316 e. The molecule has 2 saturated heterocycles. The van der Waals surface area contributed by atoms with Gasteiger partial charge in [0.1, 0.15) is 5.82 Å². The van der Waals surface area contributed by atoms with E-state index in [2.05, 4.69) is 17.3 Å². The standard InChI is InChI=1S/C17H24ClFN2/c1-20-17(10-14-15(18)4-3-5-16(14)19)11-8-12-6-7-13(9-11)21(12)2/h3-5,11-13,17,20H,6-10H2,1-2H3. The molecule has 3 unspecified atom stereocenters. The Kier molecular flexibility index (Phi) is 4.53. The zero-order valence-electron chi connectivity index (χ0n) is 12.8. The van der Waals surface area contributed by atoms with Crippen LogP contribution in [0.5, 0.6) is 0 Å². The molecule has 1 aromatic carbocycles. The zero-order chi connectivity index (χ0) is 15.0. The molecule has 21 heavy (non-hydrogen) atoms. The van der Waals surface area contributed by atoms with Crippen molar-refractivity contribution in [2.24, 2.45) is 5.92 Å². The summed E-state index contributed by atoms with van der Waals surface area (Å²) in [6.45, 7) is 0. The molecule has 0 radical (unpaired) electrons. The van der Waals surface area contributed by atoms with Crippen molar-refractivity contribution in [1.29, 1.82) is 0 Å². The molecular weight excluding hydrogens is 287 g/mol. The normalized spacial score (nSPS) is 30.6. The average Bonchev–Trinajstić information content (AvgIpc) is 2.69. The van der Waals surface area contributed by atoms with Crippen molar-refractivity contribution in [1.82, 2.24) is 10.2 Å². The Balaban J connectivity index is 1.74. The van der Waals surface area contributed by atoms with Crippen LogP contribution in [-0.2, 0) is 6.42 Å². The molecule has 2 aliphatic rings. The van der Waals surface area contributed by atoms with Gasteiger partial charge < -0.3 is 10.2 Å². The summed E-state index contributed by atoms with van der Waals surface area (Å²) in [5.41, 5.74) is 0.657. The summed E-state index contributed by atoms with van der Waals surface area (Å²) in [6.07, 6.45) is 5.73. The first-order valence-electron chi connectivity index (χ1n) is 7.92. The van der Waals surface area contributed by atoms with E-state index in [1.807, 2.05) is 7.05 Å². The number of fused-ring (bicyclic) bond motifs is 2. The van der Waals surface area contributed by atoms with Crippen LogP contribution >= 0.6 is 11.6 Å². The van der Waals surface area contributed by atoms with Crippen molar-refractivity contribution in [3.63, 3.8) is 0 Å². The van der Waals surface area contributed by atoms with Crippen LogP contribution in [0.25, 0.3) is 0 Å². The van der Waals surface area contributed by atoms with E-state index in [-0.39, 0.29) is 5.82 Å². The lowest BCUT2D eigenvalue weighted by Crippen LogP contribution is -2.47. The Bertz CT molecular complexity index is 473. The molecule has 3 atom stereocenters. The highest BCUT2D eigenvalue weighted by molar-refractivity contribution is 6.31. The first-order valence-corrected chi connectivity index (χ1v) is 8.30. The molecule has 2 fully saturated rings. The highest BCUT2D eigenvalue weighted by Gasteiger charge is 2.40. The van der Waals surface area contributed by atoms with Gasteiger partial charge in [-0.1, -0.05) is 17.7 Å². The molecule has 0 spiro atoms. The lowest BCUT2D eigenvalue weighted by atomic mass is 9.82. The summed E-state index contributed by atoms with van der Waals surface area (Å²) in [5.74, 6) is 0.429. The summed E-state index contributed by atoms with van der Waals surface area (Å²) < 4.78 is 14.0. The Hall–Kier alpha value is -0.640. The molecule has 0 amide bonds. The van der Waals surface area contributed by atoms with Gasteiger partial charge >= 0.3 is 0 Å². The molecule has 2 heterocycles. The van der Waals surface area contributed by atoms with Crippen LogP contribution < -0.4 is 5.32 Å². The number of nitrogens with one attached hydrogen (secondary N) is 1. The van der Waals surface area contributed by atoms with Gasteiger partial charge in [0.15, 0.2) is 0 Å². The second-order valence-electron chi connectivity index (χ2n) is 6.58. The van der Waals surface area contributed by atoms with Gasteiger partial charge in [-0.15, -0.1) is 0 Å². The molecule has 3 rings (SSSR count). The van der Waals surface area contributed by atoms with Gasteiger partial charge in [0.2, 0.25) is 0 Å². The van der Waals surface area contributed by atoms with Gasteiger partial charge in [-0.2, -0.15) is 0 Å². The maximum atomic E-state index is 14.0. The van der Waals surface area contributed by atoms with Crippen LogP contribution in [0.2, 0.25) is 5.02 Å². The minimum absolute atomic E-state index is 0.182. The monoisotopic (exact) mass is 310 g/mol. The lowest BCUT2D eigenvalue weighted by molar-refractivity contribution is 0.114. The quantitative estimate of drug-likeness (QED) is 0.916. The van der Waals surface area contributed by atoms with E-state index in [9.17, 15) is 4.39 Å². The fourth-order valence-electron chi connectivity index (χ4n) is 4.23. The summed E-state index contributed by atoms with van der Waals surface area (Å²) in [5, 5.41) is 3.96. The summed E-state index contributed by atoms with van der Waals surface area (Å²) in [7, 11) is 4.24. The predicted octanol–water partition coefficient (Wildman–Crippen LogP) is 3.48. The van der Waals surface area contributed by atoms with Crippen LogP contribution in [0.15, 0.2) is 18.2 Å². The highest BCUT2D eigenvalue weighted by atomic mass is 35.5. The van der Waals surface area contributed by atoms with Crippen molar-refractivity contribution < 1.29 is 4.39 Å². The summed E-state index contributed by atoms with van der Waals surface area (Å²) >= 11 is 6.19. The Morgan fingerprint density at radius 1 is 1.33 bits per heavy atom. The molecule has 2 aliphatic heterocycles. The highest BCUT2D eigenvalue weighted by Crippen LogP contribution is 2.39. The number of rotatable bonds is 4. The predicted molar refractivity (Wildman–Crippen MR) is 85.3 cm³/mol. The first-order chi connectivity index (χ1) is 10.1. The van der Waals surface area contributed by atoms with Crippen LogP contribution in [0, 0.1) is 11.7 Å². The van der Waals surface area contributed by atoms with E-state index in [0.717, 1.165) is 0 Å². The number of hydrogen-bond acceptors (Lipinski definition) is 2. The molecule has 0 aliphatic carbocycles. The minimum Gasteiger partial charge on any atom is -0.316 e. The molecular formula is C17H24ClFN2. The number of benzene rings is 1. The van der Waals surface area contributed by atoms with Gasteiger partial charge in [-0.3, -0.25) is 0 Å². The third kappa shape index (κ3) is 2.96. The number of nitrogens with zero attached hydrogens (tertiary/aromatic N) is 1. The van der Waals surface area contributed by atoms with Crippen LogP contribution in [0.1, 0.15) is 31.2 Å². The van der Waals surface area contributed by atoms with Crippen LogP contribution in [-0.4, -0.2) is 37.1 Å². The lowest BCUT2D eigenvalue weighted by Gasteiger charge is -2.40. The van der Waals surface area contributed by atoms with Gasteiger partial charge in [0.05, 0.1) is 0 Å². The average molecular weight is 311 g/mol. The zero-order valence-corrected chi connectivity index (χ0v) is 13.5. The third-order valence-corrected chi connectivity index (χ3v) is 5.91. The maximum Gasteiger partial charge on any atom is 0.127 e. The van der Waals surface area contributed by atoms with Crippen molar-refractivity contribution in [3.05, 3.63) is 34.6 Å². The Morgan fingerprint density at radius 2 is 2.00 bits per heavy atom. The minimum atomic E-state index is -0.182. The van der Waals surface area contributed by atoms with E-state index < -0.39 is 0 Å². The topological polar surface area (TPSA) is 15.3 Å². The van der Waals surface area contributed by atoms with E-state index >= 15 is 0 Å². The molecule has 0 aromatic heterocycles. The molecule has 116 valence electrons. The molecule has 4 heteroatoms. The second-order valence-corrected chi connectivity index (χ2v) is 6.99. The van der Waals surface area contributed by atoms with E-state index in [1.54, 1.807) is 12.1 Å². The van der Waals surface area contributed by atoms with Crippen LogP contribution in [0.3, 0.4) is 0 Å². The SMILES string of the molecule is CNC(Cc1c(F)cccc1Cl)C1CC2CCC(C1)N2C. The molecule has 1 N–H and O–H groups in total. The van der Waals surface area contributed by atoms with Crippen molar-refractivity contribution in [2.75, 3.05) is 14.1 Å². The van der Waals surface area contributed by atoms with E-state index in [1.165, 1.54) is 31.7 Å². The summed E-state index contributed by atoms with van der Waals surface area (Å²) in [6, 6.07) is 6.68.